The van der Waals surface area contributed by atoms with Gasteiger partial charge in [-0.15, -0.1) is 0 Å². The molecule has 11 heavy (non-hydrogen) atoms. The average molecular weight is 237 g/mol. The van der Waals surface area contributed by atoms with Gasteiger partial charge in [-0.05, 0) is 34.4 Å². The van der Waals surface area contributed by atoms with Gasteiger partial charge >= 0.3 is 0 Å². The van der Waals surface area contributed by atoms with E-state index < -0.39 is 0 Å². The Kier molecular flexibility index (Phi) is 3.96. The summed E-state index contributed by atoms with van der Waals surface area (Å²) in [5.74, 6) is 0.857. The fourth-order valence-corrected chi connectivity index (χ4v) is 1.52. The minimum Gasteiger partial charge on any atom is -0.381 e. The normalized spacial score (nSPS) is 10.4. The molecule has 1 rings (SSSR count). The van der Waals surface area contributed by atoms with Crippen molar-refractivity contribution >= 4 is 27.5 Å². The number of hydrogen-bond acceptors (Lipinski definition) is 4. The van der Waals surface area contributed by atoms with Crippen LogP contribution in [0.15, 0.2) is 3.92 Å². The van der Waals surface area contributed by atoms with E-state index in [1.54, 1.807) is 0 Å². The third-order valence-electron chi connectivity index (χ3n) is 1.12. The Morgan fingerprint density at radius 2 is 2.45 bits per heavy atom. The molecule has 0 amide bonds. The predicted octanol–water partition coefficient (Wildman–Crippen LogP) is 1.88. The molecule has 0 N–H and O–H groups in total. The van der Waals surface area contributed by atoms with E-state index in [1.165, 1.54) is 11.5 Å². The molecule has 0 radical (unpaired) electrons. The SMILES string of the molecule is CCOCCc1nsc(Br)n1. The molecule has 5 heteroatoms. The molecule has 0 bridgehead atoms. The Labute approximate surface area is 78.1 Å². The highest BCUT2D eigenvalue weighted by Crippen LogP contribution is 2.11. The molecule has 0 aliphatic carbocycles. The van der Waals surface area contributed by atoms with Crippen molar-refractivity contribution < 1.29 is 4.74 Å². The molecule has 3 nitrogen and oxygen atoms in total. The van der Waals surface area contributed by atoms with Crippen LogP contribution in [0.5, 0.6) is 0 Å². The summed E-state index contributed by atoms with van der Waals surface area (Å²) < 4.78 is 10.1. The quantitative estimate of drug-likeness (QED) is 0.750. The van der Waals surface area contributed by atoms with Gasteiger partial charge in [0.1, 0.15) is 5.82 Å². The van der Waals surface area contributed by atoms with Crippen LogP contribution in [0, 0.1) is 0 Å². The fraction of sp³-hybridized carbons (Fsp3) is 0.667. The Morgan fingerprint density at radius 1 is 1.64 bits per heavy atom. The second-order valence-corrected chi connectivity index (χ2v) is 3.94. The second kappa shape index (κ2) is 4.79. The fourth-order valence-electron chi connectivity index (χ4n) is 0.642. The maximum atomic E-state index is 5.16. The molecule has 0 spiro atoms. The molecule has 0 unspecified atom stereocenters. The first-order valence-corrected chi connectivity index (χ1v) is 4.95. The summed E-state index contributed by atoms with van der Waals surface area (Å²) in [5.41, 5.74) is 0. The summed E-state index contributed by atoms with van der Waals surface area (Å²) in [4.78, 5) is 4.13. The lowest BCUT2D eigenvalue weighted by atomic mass is 10.4. The van der Waals surface area contributed by atoms with E-state index in [0.717, 1.165) is 22.8 Å². The van der Waals surface area contributed by atoms with Crippen LogP contribution in [0.1, 0.15) is 12.7 Å². The molecule has 62 valence electrons. The molecule has 0 aliphatic rings. The van der Waals surface area contributed by atoms with E-state index in [-0.39, 0.29) is 0 Å². The molecule has 0 fully saturated rings. The maximum Gasteiger partial charge on any atom is 0.179 e. The Hall–Kier alpha value is -0.0000000000000000555. The zero-order valence-corrected chi connectivity index (χ0v) is 8.61. The number of nitrogens with zero attached hydrogens (tertiary/aromatic N) is 2. The summed E-state index contributed by atoms with van der Waals surface area (Å²) in [6.45, 7) is 3.44. The van der Waals surface area contributed by atoms with Crippen molar-refractivity contribution in [2.75, 3.05) is 13.2 Å². The number of rotatable bonds is 4. The zero-order chi connectivity index (χ0) is 8.10. The van der Waals surface area contributed by atoms with Crippen LogP contribution in [0.3, 0.4) is 0 Å². The van der Waals surface area contributed by atoms with Gasteiger partial charge in [-0.1, -0.05) is 0 Å². The molecule has 0 aliphatic heterocycles. The van der Waals surface area contributed by atoms with Crippen molar-refractivity contribution in [3.8, 4) is 0 Å². The van der Waals surface area contributed by atoms with E-state index in [9.17, 15) is 0 Å². The van der Waals surface area contributed by atoms with Crippen molar-refractivity contribution in [3.63, 3.8) is 0 Å². The molecule has 1 aromatic heterocycles. The van der Waals surface area contributed by atoms with Gasteiger partial charge in [-0.2, -0.15) is 4.37 Å². The van der Waals surface area contributed by atoms with Gasteiger partial charge < -0.3 is 4.74 Å². The first-order valence-electron chi connectivity index (χ1n) is 3.38. The molecule has 0 atom stereocenters. The second-order valence-electron chi connectivity index (χ2n) is 1.91. The number of halogens is 1. The Bertz CT molecular complexity index is 216. The molecule has 0 saturated heterocycles. The van der Waals surface area contributed by atoms with Crippen molar-refractivity contribution in [1.82, 2.24) is 9.36 Å². The van der Waals surface area contributed by atoms with Gasteiger partial charge in [0, 0.05) is 13.0 Å². The van der Waals surface area contributed by atoms with Crippen LogP contribution in [0.2, 0.25) is 0 Å². The highest BCUT2D eigenvalue weighted by molar-refractivity contribution is 9.11. The minimum atomic E-state index is 0.708. The summed E-state index contributed by atoms with van der Waals surface area (Å²) in [7, 11) is 0. The molecule has 1 heterocycles. The van der Waals surface area contributed by atoms with Crippen molar-refractivity contribution in [1.29, 1.82) is 0 Å². The minimum absolute atomic E-state index is 0.708. The summed E-state index contributed by atoms with van der Waals surface area (Å²) >= 11 is 4.61. The van der Waals surface area contributed by atoms with Crippen molar-refractivity contribution in [2.45, 2.75) is 13.3 Å². The summed E-state index contributed by atoms with van der Waals surface area (Å²) in [6.07, 6.45) is 0.802. The first-order chi connectivity index (χ1) is 5.33. The van der Waals surface area contributed by atoms with E-state index in [4.69, 9.17) is 4.74 Å². The van der Waals surface area contributed by atoms with Gasteiger partial charge in [-0.3, -0.25) is 0 Å². The Morgan fingerprint density at radius 3 is 3.00 bits per heavy atom. The van der Waals surface area contributed by atoms with Crippen LogP contribution < -0.4 is 0 Å². The summed E-state index contributed by atoms with van der Waals surface area (Å²) in [6, 6.07) is 0. The van der Waals surface area contributed by atoms with Crippen LogP contribution in [0.25, 0.3) is 0 Å². The molecular formula is C6H9BrN2OS. The van der Waals surface area contributed by atoms with Gasteiger partial charge in [0.25, 0.3) is 0 Å². The average Bonchev–Trinajstić information content (AvgIpc) is 2.37. The lowest BCUT2D eigenvalue weighted by molar-refractivity contribution is 0.149. The van der Waals surface area contributed by atoms with Crippen LogP contribution in [-0.2, 0) is 11.2 Å². The highest BCUT2D eigenvalue weighted by Gasteiger charge is 1.99. The molecule has 0 saturated carbocycles. The van der Waals surface area contributed by atoms with E-state index in [2.05, 4.69) is 25.3 Å². The van der Waals surface area contributed by atoms with Gasteiger partial charge in [-0.25, -0.2) is 4.98 Å². The number of ether oxygens (including phenoxy) is 1. The van der Waals surface area contributed by atoms with Gasteiger partial charge in [0.15, 0.2) is 3.92 Å². The van der Waals surface area contributed by atoms with E-state index in [1.807, 2.05) is 6.92 Å². The van der Waals surface area contributed by atoms with Gasteiger partial charge in [0.05, 0.1) is 6.61 Å². The summed E-state index contributed by atoms with van der Waals surface area (Å²) in [5, 5.41) is 0. The van der Waals surface area contributed by atoms with Crippen molar-refractivity contribution in [3.05, 3.63) is 9.74 Å². The third kappa shape index (κ3) is 3.27. The van der Waals surface area contributed by atoms with Crippen LogP contribution in [-0.4, -0.2) is 22.6 Å². The molecule has 0 aromatic carbocycles. The lowest BCUT2D eigenvalue weighted by Gasteiger charge is -1.95. The van der Waals surface area contributed by atoms with Crippen molar-refractivity contribution in [2.24, 2.45) is 0 Å². The van der Waals surface area contributed by atoms with Crippen LogP contribution >= 0.6 is 27.5 Å². The highest BCUT2D eigenvalue weighted by atomic mass is 79.9. The largest absolute Gasteiger partial charge is 0.381 e. The smallest absolute Gasteiger partial charge is 0.179 e. The third-order valence-corrected chi connectivity index (χ3v) is 2.27. The first kappa shape index (κ1) is 9.09. The zero-order valence-electron chi connectivity index (χ0n) is 6.21. The lowest BCUT2D eigenvalue weighted by Crippen LogP contribution is -1.98. The maximum absolute atomic E-state index is 5.16. The Balaban J connectivity index is 2.27. The standard InChI is InChI=1S/C6H9BrN2OS/c1-2-10-4-3-5-8-6(7)11-9-5/h2-4H2,1H3. The van der Waals surface area contributed by atoms with E-state index in [0.29, 0.717) is 6.61 Å². The number of hydrogen-bond donors (Lipinski definition) is 0. The topological polar surface area (TPSA) is 35.0 Å². The van der Waals surface area contributed by atoms with E-state index >= 15 is 0 Å². The number of aromatic nitrogens is 2. The van der Waals surface area contributed by atoms with Crippen LogP contribution in [0.4, 0.5) is 0 Å². The molecule has 1 aromatic rings. The molecular weight excluding hydrogens is 228 g/mol. The predicted molar refractivity (Wildman–Crippen MR) is 47.8 cm³/mol. The monoisotopic (exact) mass is 236 g/mol. The van der Waals surface area contributed by atoms with Gasteiger partial charge in [0.2, 0.25) is 0 Å².